The van der Waals surface area contributed by atoms with Crippen LogP contribution in [0.4, 0.5) is 0 Å². The fraction of sp³-hybridized carbons (Fsp3) is 0.400. The molecule has 0 spiro atoms. The average molecular weight is 256 g/mol. The van der Waals surface area contributed by atoms with E-state index in [9.17, 15) is 0 Å². The van der Waals surface area contributed by atoms with Gasteiger partial charge in [-0.05, 0) is 17.7 Å². The summed E-state index contributed by atoms with van der Waals surface area (Å²) in [5, 5.41) is 0. The first-order valence-electron chi connectivity index (χ1n) is 4.63. The lowest BCUT2D eigenvalue weighted by Crippen LogP contribution is -1.97. The van der Waals surface area contributed by atoms with Crippen molar-refractivity contribution < 1.29 is 9.47 Å². The van der Waals surface area contributed by atoms with Crippen LogP contribution in [0.25, 0.3) is 0 Å². The summed E-state index contributed by atoms with van der Waals surface area (Å²) >= 11 is 3.54. The highest BCUT2D eigenvalue weighted by atomic mass is 79.9. The highest BCUT2D eigenvalue weighted by molar-refractivity contribution is 9.10. The molecule has 2 aliphatic heterocycles. The molecule has 0 aliphatic carbocycles. The molecule has 2 heterocycles. The van der Waals surface area contributed by atoms with Gasteiger partial charge in [-0.25, -0.2) is 0 Å². The Kier molecular flexibility index (Phi) is 1.92. The maximum absolute atomic E-state index is 5.33. The molecule has 3 nitrogen and oxygen atoms in total. The van der Waals surface area contributed by atoms with E-state index < -0.39 is 0 Å². The van der Waals surface area contributed by atoms with Crippen LogP contribution in [-0.2, 0) is 6.54 Å². The van der Waals surface area contributed by atoms with Gasteiger partial charge in [0.15, 0.2) is 11.5 Å². The van der Waals surface area contributed by atoms with Crippen molar-refractivity contribution in [2.45, 2.75) is 6.54 Å². The predicted molar refractivity (Wildman–Crippen MR) is 55.5 cm³/mol. The molecule has 0 atom stereocenters. The summed E-state index contributed by atoms with van der Waals surface area (Å²) in [7, 11) is 0. The predicted octanol–water partition coefficient (Wildman–Crippen LogP) is 1.99. The molecule has 0 N–H and O–H groups in total. The Hall–Kier alpha value is -0.740. The Morgan fingerprint density at radius 1 is 1.21 bits per heavy atom. The number of ether oxygens (including phenoxy) is 2. The van der Waals surface area contributed by atoms with Crippen molar-refractivity contribution in [3.63, 3.8) is 0 Å². The Bertz CT molecular complexity index is 377. The quantitative estimate of drug-likeness (QED) is 0.755. The van der Waals surface area contributed by atoms with Crippen LogP contribution in [0, 0.1) is 0 Å². The number of rotatable bonds is 2. The van der Waals surface area contributed by atoms with E-state index in [0.29, 0.717) is 6.79 Å². The Morgan fingerprint density at radius 2 is 1.93 bits per heavy atom. The van der Waals surface area contributed by atoms with Gasteiger partial charge >= 0.3 is 0 Å². The maximum atomic E-state index is 5.33. The summed E-state index contributed by atoms with van der Waals surface area (Å²) in [6, 6.07) is 4.05. The minimum Gasteiger partial charge on any atom is -0.454 e. The van der Waals surface area contributed by atoms with Gasteiger partial charge in [-0.1, -0.05) is 15.9 Å². The van der Waals surface area contributed by atoms with E-state index in [4.69, 9.17) is 9.47 Å². The zero-order valence-corrected chi connectivity index (χ0v) is 9.21. The molecule has 74 valence electrons. The van der Waals surface area contributed by atoms with Gasteiger partial charge in [-0.3, -0.25) is 4.90 Å². The van der Waals surface area contributed by atoms with E-state index in [-0.39, 0.29) is 0 Å². The molecule has 1 aromatic rings. The highest BCUT2D eigenvalue weighted by Crippen LogP contribution is 2.37. The average Bonchev–Trinajstić information content (AvgIpc) is 2.85. The summed E-state index contributed by atoms with van der Waals surface area (Å²) in [5.41, 5.74) is 1.27. The first-order valence-corrected chi connectivity index (χ1v) is 5.42. The third-order valence-corrected chi connectivity index (χ3v) is 3.21. The van der Waals surface area contributed by atoms with E-state index in [1.165, 1.54) is 18.7 Å². The van der Waals surface area contributed by atoms with E-state index >= 15 is 0 Å². The number of hydrogen-bond acceptors (Lipinski definition) is 3. The topological polar surface area (TPSA) is 21.5 Å². The van der Waals surface area contributed by atoms with E-state index in [1.807, 2.05) is 6.07 Å². The number of nitrogens with zero attached hydrogens (tertiary/aromatic N) is 1. The smallest absolute Gasteiger partial charge is 0.231 e. The molecule has 0 bridgehead atoms. The van der Waals surface area contributed by atoms with Crippen LogP contribution in [0.1, 0.15) is 5.56 Å². The molecule has 3 rings (SSSR count). The van der Waals surface area contributed by atoms with Gasteiger partial charge in [0.1, 0.15) is 0 Å². The summed E-state index contributed by atoms with van der Waals surface area (Å²) in [6.07, 6.45) is 0. The van der Waals surface area contributed by atoms with Crippen molar-refractivity contribution in [2.24, 2.45) is 0 Å². The number of fused-ring (bicyclic) bond motifs is 1. The van der Waals surface area contributed by atoms with Crippen molar-refractivity contribution in [3.05, 3.63) is 22.2 Å². The number of benzene rings is 1. The number of hydrogen-bond donors (Lipinski definition) is 0. The lowest BCUT2D eigenvalue weighted by Gasteiger charge is -2.06. The van der Waals surface area contributed by atoms with Crippen LogP contribution < -0.4 is 9.47 Å². The second-order valence-corrected chi connectivity index (χ2v) is 4.43. The molecule has 0 saturated carbocycles. The molecular formula is C10H10BrNO2. The summed E-state index contributed by atoms with van der Waals surface area (Å²) in [6.45, 7) is 3.76. The fourth-order valence-electron chi connectivity index (χ4n) is 1.55. The Balaban J connectivity index is 1.94. The minimum absolute atomic E-state index is 0.342. The molecule has 1 saturated heterocycles. The van der Waals surface area contributed by atoms with Crippen LogP contribution in [0.15, 0.2) is 16.6 Å². The molecule has 2 aliphatic rings. The monoisotopic (exact) mass is 255 g/mol. The standard InChI is InChI=1S/C10H10BrNO2/c11-8-4-10-9(13-6-14-10)3-7(8)5-12-1-2-12/h3-4H,1-2,5-6H2. The zero-order valence-electron chi connectivity index (χ0n) is 7.62. The molecule has 0 aromatic heterocycles. The van der Waals surface area contributed by atoms with Crippen molar-refractivity contribution in [1.29, 1.82) is 0 Å². The fourth-order valence-corrected chi connectivity index (χ4v) is 2.00. The second kappa shape index (κ2) is 3.14. The van der Waals surface area contributed by atoms with Crippen molar-refractivity contribution >= 4 is 15.9 Å². The van der Waals surface area contributed by atoms with Crippen LogP contribution >= 0.6 is 15.9 Å². The third kappa shape index (κ3) is 1.48. The van der Waals surface area contributed by atoms with Gasteiger partial charge in [0.2, 0.25) is 6.79 Å². The van der Waals surface area contributed by atoms with Crippen LogP contribution in [0.5, 0.6) is 11.5 Å². The van der Waals surface area contributed by atoms with Gasteiger partial charge in [0.25, 0.3) is 0 Å². The van der Waals surface area contributed by atoms with Crippen LogP contribution in [0.3, 0.4) is 0 Å². The van der Waals surface area contributed by atoms with Gasteiger partial charge in [0.05, 0.1) is 0 Å². The molecule has 4 heteroatoms. The minimum atomic E-state index is 0.342. The Labute approximate surface area is 90.7 Å². The molecule has 14 heavy (non-hydrogen) atoms. The largest absolute Gasteiger partial charge is 0.454 e. The van der Waals surface area contributed by atoms with Gasteiger partial charge in [-0.2, -0.15) is 0 Å². The van der Waals surface area contributed by atoms with Crippen molar-refractivity contribution in [2.75, 3.05) is 19.9 Å². The lowest BCUT2D eigenvalue weighted by molar-refractivity contribution is 0.174. The highest BCUT2D eigenvalue weighted by Gasteiger charge is 2.21. The number of halogens is 1. The summed E-state index contributed by atoms with van der Waals surface area (Å²) < 4.78 is 11.7. The normalized spacial score (nSPS) is 18.6. The second-order valence-electron chi connectivity index (χ2n) is 3.57. The maximum Gasteiger partial charge on any atom is 0.231 e. The molecule has 1 fully saturated rings. The van der Waals surface area contributed by atoms with Crippen LogP contribution in [-0.4, -0.2) is 24.8 Å². The molecule has 0 unspecified atom stereocenters. The van der Waals surface area contributed by atoms with Crippen molar-refractivity contribution in [1.82, 2.24) is 4.90 Å². The molecular weight excluding hydrogens is 246 g/mol. The summed E-state index contributed by atoms with van der Waals surface area (Å²) in [4.78, 5) is 2.36. The SMILES string of the molecule is Brc1cc2c(cc1CN1CC1)OCO2. The Morgan fingerprint density at radius 3 is 2.64 bits per heavy atom. The van der Waals surface area contributed by atoms with Gasteiger partial charge in [-0.15, -0.1) is 0 Å². The van der Waals surface area contributed by atoms with Crippen molar-refractivity contribution in [3.8, 4) is 11.5 Å². The molecule has 1 aromatic carbocycles. The lowest BCUT2D eigenvalue weighted by atomic mass is 10.2. The first kappa shape index (κ1) is 8.56. The summed E-state index contributed by atoms with van der Waals surface area (Å²) in [5.74, 6) is 1.71. The van der Waals surface area contributed by atoms with E-state index in [1.54, 1.807) is 0 Å². The molecule has 0 amide bonds. The third-order valence-electron chi connectivity index (χ3n) is 2.48. The van der Waals surface area contributed by atoms with E-state index in [2.05, 4.69) is 26.9 Å². The van der Waals surface area contributed by atoms with E-state index in [0.717, 1.165) is 22.5 Å². The molecule has 0 radical (unpaired) electrons. The first-order chi connectivity index (χ1) is 6.83. The zero-order chi connectivity index (χ0) is 9.54. The van der Waals surface area contributed by atoms with Gasteiger partial charge in [0, 0.05) is 24.1 Å². The van der Waals surface area contributed by atoms with Crippen LogP contribution in [0.2, 0.25) is 0 Å². The van der Waals surface area contributed by atoms with Gasteiger partial charge < -0.3 is 9.47 Å².